The van der Waals surface area contributed by atoms with Crippen LogP contribution < -0.4 is 11.0 Å². The molecule has 8 nitrogen and oxygen atoms in total. The molecule has 2 heterocycles. The summed E-state index contributed by atoms with van der Waals surface area (Å²) in [7, 11) is 0. The summed E-state index contributed by atoms with van der Waals surface area (Å²) >= 11 is 0. The summed E-state index contributed by atoms with van der Waals surface area (Å²) in [6, 6.07) is 10.0. The Labute approximate surface area is 139 Å². The van der Waals surface area contributed by atoms with E-state index in [1.807, 2.05) is 36.5 Å². The van der Waals surface area contributed by atoms with Gasteiger partial charge in [-0.15, -0.1) is 0 Å². The highest BCUT2D eigenvalue weighted by molar-refractivity contribution is 5.54. The summed E-state index contributed by atoms with van der Waals surface area (Å²) in [5, 5.41) is 7.94. The number of hydrogen-bond donors (Lipinski definition) is 4. The molecule has 8 heteroatoms. The average Bonchev–Trinajstić information content (AvgIpc) is 3.30. The smallest absolute Gasteiger partial charge is 0.137 e. The van der Waals surface area contributed by atoms with Crippen LogP contribution in [0.3, 0.4) is 0 Å². The molecule has 0 fully saturated rings. The number of rotatable bonds is 9. The summed E-state index contributed by atoms with van der Waals surface area (Å²) in [6.07, 6.45) is 6.92. The van der Waals surface area contributed by atoms with E-state index in [4.69, 9.17) is 0 Å². The lowest BCUT2D eigenvalue weighted by Crippen LogP contribution is -2.28. The predicted octanol–water partition coefficient (Wildman–Crippen LogP) is 2.05. The van der Waals surface area contributed by atoms with Crippen LogP contribution in [0.4, 0.5) is 0 Å². The summed E-state index contributed by atoms with van der Waals surface area (Å²) < 4.78 is 0. The van der Waals surface area contributed by atoms with Gasteiger partial charge in [-0.1, -0.05) is 35.6 Å². The van der Waals surface area contributed by atoms with Gasteiger partial charge >= 0.3 is 0 Å². The van der Waals surface area contributed by atoms with E-state index < -0.39 is 0 Å². The molecule has 1 aromatic carbocycles. The van der Waals surface area contributed by atoms with E-state index in [2.05, 4.69) is 41.2 Å². The number of aromatic amines is 2. The van der Waals surface area contributed by atoms with Gasteiger partial charge in [-0.3, -0.25) is 0 Å². The van der Waals surface area contributed by atoms with Gasteiger partial charge in [-0.2, -0.15) is 5.11 Å². The van der Waals surface area contributed by atoms with Crippen LogP contribution in [0.1, 0.15) is 11.4 Å². The minimum absolute atomic E-state index is 0.589. The topological polar surface area (TPSA) is 106 Å². The minimum Gasteiger partial charge on any atom is -0.348 e. The molecule has 0 saturated carbocycles. The highest BCUT2D eigenvalue weighted by atomic mass is 15.6. The normalized spacial score (nSPS) is 11.2. The third-order valence-electron chi connectivity index (χ3n) is 3.43. The van der Waals surface area contributed by atoms with E-state index in [0.29, 0.717) is 6.54 Å². The van der Waals surface area contributed by atoms with Crippen molar-refractivity contribution in [3.8, 4) is 11.4 Å². The maximum atomic E-state index is 4.39. The average molecular weight is 324 g/mol. The van der Waals surface area contributed by atoms with Crippen LogP contribution in [-0.2, 0) is 12.8 Å². The van der Waals surface area contributed by atoms with Crippen molar-refractivity contribution in [2.24, 2.45) is 10.3 Å². The Balaban J connectivity index is 1.32. The van der Waals surface area contributed by atoms with Gasteiger partial charge < -0.3 is 9.97 Å². The maximum absolute atomic E-state index is 4.39. The van der Waals surface area contributed by atoms with Gasteiger partial charge in [0.05, 0.1) is 12.9 Å². The first-order valence-electron chi connectivity index (χ1n) is 7.83. The molecule has 0 spiro atoms. The molecule has 2 aromatic heterocycles. The van der Waals surface area contributed by atoms with E-state index in [9.17, 15) is 0 Å². The fourth-order valence-corrected chi connectivity index (χ4v) is 2.19. The quantitative estimate of drug-likeness (QED) is 0.274. The molecule has 124 valence electrons. The third-order valence-corrected chi connectivity index (χ3v) is 3.43. The van der Waals surface area contributed by atoms with E-state index in [-0.39, 0.29) is 0 Å². The van der Waals surface area contributed by atoms with Crippen LogP contribution in [0.5, 0.6) is 0 Å². The van der Waals surface area contributed by atoms with Crippen LogP contribution in [0.2, 0.25) is 0 Å². The minimum atomic E-state index is 0.589. The van der Waals surface area contributed by atoms with Crippen molar-refractivity contribution >= 4 is 0 Å². The van der Waals surface area contributed by atoms with Gasteiger partial charge in [0.15, 0.2) is 0 Å². The van der Waals surface area contributed by atoms with Crippen molar-refractivity contribution in [3.05, 3.63) is 60.4 Å². The molecular formula is C16H20N8. The number of hydrazine groups is 1. The number of hydrogen-bond acceptors (Lipinski definition) is 5. The van der Waals surface area contributed by atoms with Gasteiger partial charge in [0.25, 0.3) is 0 Å². The number of imidazole rings is 2. The third kappa shape index (κ3) is 4.75. The van der Waals surface area contributed by atoms with Gasteiger partial charge in [0, 0.05) is 48.7 Å². The number of benzene rings is 1. The Bertz CT molecular complexity index is 733. The second kappa shape index (κ2) is 8.59. The Morgan fingerprint density at radius 1 is 1.04 bits per heavy atom. The lowest BCUT2D eigenvalue weighted by molar-refractivity contribution is 0.525. The second-order valence-corrected chi connectivity index (χ2v) is 5.20. The van der Waals surface area contributed by atoms with Crippen molar-refractivity contribution in [1.82, 2.24) is 30.9 Å². The standard InChI is InChI=1S/C16H20N8/c1-2-4-13(5-3-1)16-18-11-15(22-16)7-9-21-24-23-20-8-6-14-10-17-12-19-14/h1-5,10-12H,6-9H2,(H,17,19)(H,18,22)(H,20,24)(H,21,23). The van der Waals surface area contributed by atoms with Gasteiger partial charge in [-0.25, -0.2) is 20.9 Å². The summed E-state index contributed by atoms with van der Waals surface area (Å²) in [6.45, 7) is 1.33. The zero-order valence-electron chi connectivity index (χ0n) is 13.2. The largest absolute Gasteiger partial charge is 0.348 e. The van der Waals surface area contributed by atoms with Crippen molar-refractivity contribution in [3.63, 3.8) is 0 Å². The predicted molar refractivity (Wildman–Crippen MR) is 90.9 cm³/mol. The summed E-state index contributed by atoms with van der Waals surface area (Å²) in [4.78, 5) is 14.7. The van der Waals surface area contributed by atoms with Gasteiger partial charge in [-0.05, 0) is 0 Å². The molecule has 4 N–H and O–H groups in total. The molecule has 0 atom stereocenters. The zero-order valence-corrected chi connectivity index (χ0v) is 13.2. The second-order valence-electron chi connectivity index (χ2n) is 5.20. The SMILES string of the molecule is c1ccc(-c2ncc(CCN=NNNCCc3cnc[nH]3)[nH]2)cc1. The molecular weight excluding hydrogens is 304 g/mol. The molecule has 0 bridgehead atoms. The fourth-order valence-electron chi connectivity index (χ4n) is 2.19. The van der Waals surface area contributed by atoms with E-state index in [1.54, 1.807) is 12.5 Å². The van der Waals surface area contributed by atoms with Crippen LogP contribution >= 0.6 is 0 Å². The summed E-state index contributed by atoms with van der Waals surface area (Å²) in [5.41, 5.74) is 8.88. The van der Waals surface area contributed by atoms with Gasteiger partial charge in [0.2, 0.25) is 0 Å². The molecule has 3 rings (SSSR count). The first-order chi connectivity index (χ1) is 11.9. The molecule has 24 heavy (non-hydrogen) atoms. The molecule has 0 amide bonds. The van der Waals surface area contributed by atoms with Crippen molar-refractivity contribution < 1.29 is 0 Å². The van der Waals surface area contributed by atoms with Crippen molar-refractivity contribution in [2.75, 3.05) is 13.1 Å². The van der Waals surface area contributed by atoms with Crippen molar-refractivity contribution in [1.29, 1.82) is 0 Å². The first-order valence-corrected chi connectivity index (χ1v) is 7.83. The van der Waals surface area contributed by atoms with E-state index in [1.165, 1.54) is 0 Å². The molecule has 0 aliphatic heterocycles. The van der Waals surface area contributed by atoms with E-state index in [0.717, 1.165) is 42.2 Å². The Morgan fingerprint density at radius 2 is 1.96 bits per heavy atom. The summed E-state index contributed by atoms with van der Waals surface area (Å²) in [5.74, 6) is 0.876. The molecule has 0 aliphatic carbocycles. The van der Waals surface area contributed by atoms with Gasteiger partial charge in [0.1, 0.15) is 5.82 Å². The lowest BCUT2D eigenvalue weighted by Gasteiger charge is -2.00. The highest BCUT2D eigenvalue weighted by Crippen LogP contribution is 2.14. The number of H-pyrrole nitrogens is 2. The highest BCUT2D eigenvalue weighted by Gasteiger charge is 2.02. The van der Waals surface area contributed by atoms with Crippen LogP contribution in [0.25, 0.3) is 11.4 Å². The van der Waals surface area contributed by atoms with Crippen LogP contribution in [0.15, 0.2) is 59.4 Å². The fraction of sp³-hybridized carbons (Fsp3) is 0.250. The first kappa shape index (κ1) is 15.9. The molecule has 0 radical (unpaired) electrons. The monoisotopic (exact) mass is 324 g/mol. The number of nitrogens with zero attached hydrogens (tertiary/aromatic N) is 4. The van der Waals surface area contributed by atoms with Crippen molar-refractivity contribution in [2.45, 2.75) is 12.8 Å². The number of aromatic nitrogens is 4. The zero-order chi connectivity index (χ0) is 16.5. The molecule has 3 aromatic rings. The molecule has 0 saturated heterocycles. The Hall–Kier alpha value is -3.00. The Kier molecular flexibility index (Phi) is 5.68. The number of nitrogens with one attached hydrogen (secondary N) is 4. The van der Waals surface area contributed by atoms with Crippen LogP contribution in [0, 0.1) is 0 Å². The Morgan fingerprint density at radius 3 is 2.79 bits per heavy atom. The molecule has 0 aliphatic rings. The van der Waals surface area contributed by atoms with Crippen LogP contribution in [-0.4, -0.2) is 33.0 Å². The maximum Gasteiger partial charge on any atom is 0.137 e. The van der Waals surface area contributed by atoms with E-state index >= 15 is 0 Å². The lowest BCUT2D eigenvalue weighted by atomic mass is 10.2. The molecule has 0 unspecified atom stereocenters.